The van der Waals surface area contributed by atoms with Crippen molar-refractivity contribution in [1.29, 1.82) is 0 Å². The van der Waals surface area contributed by atoms with Crippen LogP contribution in [0, 0.1) is 17.7 Å². The monoisotopic (exact) mass is 205 g/mol. The molecule has 1 N–H and O–H groups in total. The number of nitrogens with one attached hydrogen (secondary N) is 1. The van der Waals surface area contributed by atoms with E-state index in [1.165, 1.54) is 24.5 Å². The van der Waals surface area contributed by atoms with Gasteiger partial charge in [-0.15, -0.1) is 0 Å². The molecule has 0 aromatic heterocycles. The molecular formula is C13H16FN. The number of benzene rings is 1. The van der Waals surface area contributed by atoms with Crippen molar-refractivity contribution in [2.75, 3.05) is 13.1 Å². The summed E-state index contributed by atoms with van der Waals surface area (Å²) in [7, 11) is 0. The third kappa shape index (κ3) is 1.57. The Balaban J connectivity index is 1.79. The van der Waals surface area contributed by atoms with Crippen molar-refractivity contribution in [1.82, 2.24) is 5.32 Å². The van der Waals surface area contributed by atoms with Gasteiger partial charge in [-0.25, -0.2) is 4.39 Å². The van der Waals surface area contributed by atoms with Crippen molar-refractivity contribution in [3.05, 3.63) is 35.6 Å². The second-order valence-corrected chi connectivity index (χ2v) is 4.81. The zero-order valence-electron chi connectivity index (χ0n) is 8.75. The third-order valence-corrected chi connectivity index (χ3v) is 4.03. The molecule has 2 aliphatic rings. The van der Waals surface area contributed by atoms with E-state index in [0.717, 1.165) is 24.9 Å². The SMILES string of the molecule is Fc1cccc([C@H]2C[C@@H]3CCNC[C@@H]32)c1. The van der Waals surface area contributed by atoms with Crippen molar-refractivity contribution < 1.29 is 4.39 Å². The van der Waals surface area contributed by atoms with Crippen LogP contribution in [0.5, 0.6) is 0 Å². The van der Waals surface area contributed by atoms with Gasteiger partial charge in [0.1, 0.15) is 5.82 Å². The van der Waals surface area contributed by atoms with Gasteiger partial charge in [0.25, 0.3) is 0 Å². The summed E-state index contributed by atoms with van der Waals surface area (Å²) < 4.78 is 13.1. The van der Waals surface area contributed by atoms with Gasteiger partial charge in [0.15, 0.2) is 0 Å². The van der Waals surface area contributed by atoms with Crippen LogP contribution in [0.3, 0.4) is 0 Å². The molecule has 3 atom stereocenters. The van der Waals surface area contributed by atoms with E-state index in [2.05, 4.69) is 11.4 Å². The Labute approximate surface area is 89.7 Å². The average molecular weight is 205 g/mol. The first-order chi connectivity index (χ1) is 7.34. The molecule has 2 heteroatoms. The van der Waals surface area contributed by atoms with Crippen LogP contribution in [-0.2, 0) is 0 Å². The molecule has 0 spiro atoms. The maximum Gasteiger partial charge on any atom is 0.123 e. The Bertz CT molecular complexity index is 363. The molecule has 1 heterocycles. The van der Waals surface area contributed by atoms with Gasteiger partial charge in [-0.2, -0.15) is 0 Å². The summed E-state index contributed by atoms with van der Waals surface area (Å²) in [6.07, 6.45) is 2.56. The van der Waals surface area contributed by atoms with Crippen molar-refractivity contribution in [2.45, 2.75) is 18.8 Å². The summed E-state index contributed by atoms with van der Waals surface area (Å²) >= 11 is 0. The summed E-state index contributed by atoms with van der Waals surface area (Å²) in [6, 6.07) is 7.13. The normalized spacial score (nSPS) is 34.3. The van der Waals surface area contributed by atoms with E-state index in [-0.39, 0.29) is 5.82 Å². The largest absolute Gasteiger partial charge is 0.316 e. The second-order valence-electron chi connectivity index (χ2n) is 4.81. The number of hydrogen-bond donors (Lipinski definition) is 1. The maximum atomic E-state index is 13.1. The summed E-state index contributed by atoms with van der Waals surface area (Å²) in [5, 5.41) is 3.44. The van der Waals surface area contributed by atoms with E-state index in [0.29, 0.717) is 5.92 Å². The average Bonchev–Trinajstić information content (AvgIpc) is 2.20. The minimum absolute atomic E-state index is 0.0975. The molecule has 1 saturated heterocycles. The minimum atomic E-state index is -0.0975. The predicted octanol–water partition coefficient (Wildman–Crippen LogP) is 2.54. The van der Waals surface area contributed by atoms with Gasteiger partial charge < -0.3 is 5.32 Å². The molecule has 2 fully saturated rings. The fourth-order valence-corrected chi connectivity index (χ4v) is 3.13. The smallest absolute Gasteiger partial charge is 0.123 e. The molecule has 1 nitrogen and oxygen atoms in total. The Kier molecular flexibility index (Phi) is 2.24. The van der Waals surface area contributed by atoms with Crippen LogP contribution in [0.1, 0.15) is 24.3 Å². The molecule has 0 unspecified atom stereocenters. The molecule has 1 aromatic rings. The van der Waals surface area contributed by atoms with Gasteiger partial charge in [-0.3, -0.25) is 0 Å². The summed E-state index contributed by atoms with van der Waals surface area (Å²) in [4.78, 5) is 0. The molecule has 1 saturated carbocycles. The lowest BCUT2D eigenvalue weighted by Gasteiger charge is -2.48. The van der Waals surface area contributed by atoms with Gasteiger partial charge in [0, 0.05) is 0 Å². The Hall–Kier alpha value is -0.890. The molecule has 0 amide bonds. The number of fused-ring (bicyclic) bond motifs is 1. The van der Waals surface area contributed by atoms with E-state index in [1.54, 1.807) is 6.07 Å². The molecular weight excluding hydrogens is 189 g/mol. The first kappa shape index (κ1) is 9.34. The highest BCUT2D eigenvalue weighted by Gasteiger charge is 2.42. The van der Waals surface area contributed by atoms with Crippen LogP contribution in [-0.4, -0.2) is 13.1 Å². The van der Waals surface area contributed by atoms with Crippen molar-refractivity contribution in [3.63, 3.8) is 0 Å². The van der Waals surface area contributed by atoms with Crippen molar-refractivity contribution in [3.8, 4) is 0 Å². The van der Waals surface area contributed by atoms with Gasteiger partial charge >= 0.3 is 0 Å². The van der Waals surface area contributed by atoms with Gasteiger partial charge in [0.05, 0.1) is 0 Å². The van der Waals surface area contributed by atoms with Crippen LogP contribution in [0.4, 0.5) is 4.39 Å². The molecule has 80 valence electrons. The minimum Gasteiger partial charge on any atom is -0.316 e. The van der Waals surface area contributed by atoms with Crippen LogP contribution in [0.2, 0.25) is 0 Å². The number of piperidine rings is 1. The highest BCUT2D eigenvalue weighted by Crippen LogP contribution is 2.49. The summed E-state index contributed by atoms with van der Waals surface area (Å²) in [5.74, 6) is 2.14. The highest BCUT2D eigenvalue weighted by molar-refractivity contribution is 5.25. The van der Waals surface area contributed by atoms with Gasteiger partial charge in [-0.1, -0.05) is 12.1 Å². The molecule has 0 radical (unpaired) electrons. The molecule has 0 bridgehead atoms. The molecule has 3 rings (SSSR count). The van der Waals surface area contributed by atoms with E-state index >= 15 is 0 Å². The zero-order valence-corrected chi connectivity index (χ0v) is 8.75. The van der Waals surface area contributed by atoms with Crippen molar-refractivity contribution in [2.24, 2.45) is 11.8 Å². The van der Waals surface area contributed by atoms with E-state index in [9.17, 15) is 4.39 Å². The Morgan fingerprint density at radius 1 is 1.33 bits per heavy atom. The fraction of sp³-hybridized carbons (Fsp3) is 0.538. The predicted molar refractivity (Wildman–Crippen MR) is 58.2 cm³/mol. The molecule has 1 aliphatic heterocycles. The van der Waals surface area contributed by atoms with E-state index in [1.807, 2.05) is 6.07 Å². The lowest BCUT2D eigenvalue weighted by atomic mass is 9.60. The first-order valence-electron chi connectivity index (χ1n) is 5.81. The van der Waals surface area contributed by atoms with Crippen LogP contribution in [0.25, 0.3) is 0 Å². The van der Waals surface area contributed by atoms with E-state index in [4.69, 9.17) is 0 Å². The molecule has 1 aromatic carbocycles. The fourth-order valence-electron chi connectivity index (χ4n) is 3.13. The number of hydrogen-bond acceptors (Lipinski definition) is 1. The Morgan fingerprint density at radius 3 is 3.07 bits per heavy atom. The van der Waals surface area contributed by atoms with Crippen LogP contribution < -0.4 is 5.32 Å². The van der Waals surface area contributed by atoms with Crippen LogP contribution in [0.15, 0.2) is 24.3 Å². The summed E-state index contributed by atoms with van der Waals surface area (Å²) in [5.41, 5.74) is 1.19. The molecule has 1 aliphatic carbocycles. The van der Waals surface area contributed by atoms with Gasteiger partial charge in [0.2, 0.25) is 0 Å². The second kappa shape index (κ2) is 3.60. The molecule has 15 heavy (non-hydrogen) atoms. The summed E-state index contributed by atoms with van der Waals surface area (Å²) in [6.45, 7) is 2.28. The quantitative estimate of drug-likeness (QED) is 0.743. The maximum absolute atomic E-state index is 13.1. The van der Waals surface area contributed by atoms with Crippen molar-refractivity contribution >= 4 is 0 Å². The lowest BCUT2D eigenvalue weighted by Crippen LogP contribution is -2.47. The highest BCUT2D eigenvalue weighted by atomic mass is 19.1. The Morgan fingerprint density at radius 2 is 2.27 bits per heavy atom. The zero-order chi connectivity index (χ0) is 10.3. The number of halogens is 1. The standard InChI is InChI=1S/C13H16FN/c14-11-3-1-2-9(6-11)12-7-10-4-5-15-8-13(10)12/h1-3,6,10,12-13,15H,4-5,7-8H2/t10-,12+,13-/m0/s1. The van der Waals surface area contributed by atoms with Crippen LogP contribution >= 0.6 is 0 Å². The topological polar surface area (TPSA) is 12.0 Å². The third-order valence-electron chi connectivity index (χ3n) is 4.03. The first-order valence-corrected chi connectivity index (χ1v) is 5.81. The van der Waals surface area contributed by atoms with Gasteiger partial charge in [-0.05, 0) is 61.4 Å². The lowest BCUT2D eigenvalue weighted by molar-refractivity contribution is 0.0932. The van der Waals surface area contributed by atoms with E-state index < -0.39 is 0 Å². The number of rotatable bonds is 1.